The van der Waals surface area contributed by atoms with E-state index in [0.717, 1.165) is 158 Å². The number of nitrogens with zero attached hydrogens (tertiary/aromatic N) is 5. The zero-order valence-corrected chi connectivity index (χ0v) is 86.1. The van der Waals surface area contributed by atoms with E-state index < -0.39 is 74.9 Å². The number of nitrogens with one attached hydrogen (secondary N) is 5. The molecule has 12 atom stereocenters. The van der Waals surface area contributed by atoms with Crippen LogP contribution in [-0.4, -0.2) is 254 Å². The molecular weight excluding hydrogens is 1930 g/mol. The number of halogens is 7. The lowest BCUT2D eigenvalue weighted by Gasteiger charge is -2.34. The zero-order chi connectivity index (χ0) is 102. The van der Waals surface area contributed by atoms with Gasteiger partial charge in [0.05, 0.1) is 62.2 Å². The Hall–Kier alpha value is -10.5. The Morgan fingerprint density at radius 2 is 0.819 bits per heavy atom. The molecule has 33 heteroatoms. The summed E-state index contributed by atoms with van der Waals surface area (Å²) in [5.74, 6) is 1.44. The number of likely N-dealkylation sites (tertiary alicyclic amines) is 1. The quantitative estimate of drug-likeness (QED) is 0.0176. The molecule has 24 nitrogen and oxygen atoms in total. The average Bonchev–Trinajstić information content (AvgIpc) is 1.60. The number of carbonyl (C=O) groups is 8. The van der Waals surface area contributed by atoms with E-state index >= 15 is 0 Å². The van der Waals surface area contributed by atoms with Gasteiger partial charge in [0.15, 0.2) is 9.84 Å². The molecule has 0 spiro atoms. The molecule has 4 aliphatic carbocycles. The Morgan fingerprint density at radius 1 is 0.431 bits per heavy atom. The lowest BCUT2D eigenvalue weighted by atomic mass is 9.94. The summed E-state index contributed by atoms with van der Waals surface area (Å²) in [5, 5.41) is 15.6. The first-order chi connectivity index (χ1) is 69.3. The van der Waals surface area contributed by atoms with E-state index in [1.54, 1.807) is 36.9 Å². The number of methoxy groups -OCH3 is 2. The first kappa shape index (κ1) is 111. The van der Waals surface area contributed by atoms with Gasteiger partial charge < -0.3 is 70.0 Å². The van der Waals surface area contributed by atoms with Crippen LogP contribution in [0.2, 0.25) is 10.0 Å². The van der Waals surface area contributed by atoms with Gasteiger partial charge in [0.2, 0.25) is 23.6 Å². The summed E-state index contributed by atoms with van der Waals surface area (Å²) in [7, 11) is 1.76. The number of thioether (sulfide) groups is 1. The number of rotatable bonds is 42. The fourth-order valence-electron chi connectivity index (χ4n) is 19.7. The predicted octanol–water partition coefficient (Wildman–Crippen LogP) is 17.7. The van der Waals surface area contributed by atoms with Gasteiger partial charge in [0, 0.05) is 100.0 Å². The topological polar surface area (TPSA) is 284 Å². The van der Waals surface area contributed by atoms with Gasteiger partial charge in [-0.15, -0.1) is 0 Å². The number of piperazine rings is 1. The van der Waals surface area contributed by atoms with Crippen molar-refractivity contribution in [2.75, 3.05) is 149 Å². The van der Waals surface area contributed by atoms with Gasteiger partial charge in [-0.2, -0.15) is 11.8 Å². The molecule has 144 heavy (non-hydrogen) atoms. The van der Waals surface area contributed by atoms with Crippen molar-refractivity contribution in [1.29, 1.82) is 0 Å². The van der Waals surface area contributed by atoms with E-state index in [2.05, 4.69) is 76.6 Å². The largest absolute Gasteiger partial charge is 0.497 e. The van der Waals surface area contributed by atoms with Crippen molar-refractivity contribution < 1.29 is 87.7 Å². The second-order valence-electron chi connectivity index (χ2n) is 39.7. The number of benzene rings is 8. The summed E-state index contributed by atoms with van der Waals surface area (Å²) in [6.07, 6.45) is 17.8. The average molecular weight is 2070 g/mol. The van der Waals surface area contributed by atoms with Crippen LogP contribution in [0.4, 0.5) is 22.0 Å². The molecular formula is C111H137Cl2F5N10O14S2. The van der Waals surface area contributed by atoms with Crippen molar-refractivity contribution in [3.05, 3.63) is 272 Å². The second-order valence-corrected chi connectivity index (χ2v) is 43.9. The SMILES string of the molecule is CC1(CCCSC[C@H](NC(=O)c2ccc(F)cc2)C(=O)N2CCCCC2)C[C@H]1c1ccc(F)cc1.COc1ccc([C@@H]2CC2(C)CCCCC[C@H](NC(=O)c2ccc(F)cc2)C(=O)N2CCN(C)CC2)cc1.COc1ccc([C@@H]2CC2CCCNC[C@H](NC(=O)c2ccc(F)cc2)C(=O)N2CCOCC2)cc1.O=C(N[C@@H](CS(=O)(=O)CCCC1C[C@H]1c1ccc(Cl)c(Cl)c1)C(=O)N1CCOCC1)c1ccc(F)cc1. The van der Waals surface area contributed by atoms with E-state index in [0.29, 0.717) is 158 Å². The molecule has 8 fully saturated rings. The molecule has 8 aliphatic rings. The smallest absolute Gasteiger partial charge is 0.251 e. The maximum atomic E-state index is 13.3. The first-order valence-corrected chi connectivity index (χ1v) is 54.3. The van der Waals surface area contributed by atoms with Crippen LogP contribution in [0, 0.1) is 51.8 Å². The summed E-state index contributed by atoms with van der Waals surface area (Å²) in [6, 6.07) is 47.0. The number of unbranched alkanes of at least 4 members (excludes halogenated alkanes) is 2. The summed E-state index contributed by atoms with van der Waals surface area (Å²) >= 11 is 13.8. The Morgan fingerprint density at radius 3 is 1.30 bits per heavy atom. The Balaban J connectivity index is 0.000000161. The van der Waals surface area contributed by atoms with Crippen LogP contribution in [0.5, 0.6) is 11.5 Å². The van der Waals surface area contributed by atoms with Crippen molar-refractivity contribution in [3.63, 3.8) is 0 Å². The number of carbonyl (C=O) groups excluding carboxylic acids is 8. The van der Waals surface area contributed by atoms with Gasteiger partial charge in [-0.3, -0.25) is 38.4 Å². The minimum atomic E-state index is -3.65. The third kappa shape index (κ3) is 33.5. The maximum Gasteiger partial charge on any atom is 0.251 e. The molecule has 5 N–H and O–H groups in total. The third-order valence-corrected chi connectivity index (χ3v) is 32.6. The normalized spacial score (nSPS) is 21.4. The van der Waals surface area contributed by atoms with Gasteiger partial charge in [-0.05, 0) is 330 Å². The highest BCUT2D eigenvalue weighted by Crippen LogP contribution is 2.63. The van der Waals surface area contributed by atoms with Crippen LogP contribution in [0.15, 0.2) is 188 Å². The minimum Gasteiger partial charge on any atom is -0.497 e. The van der Waals surface area contributed by atoms with E-state index in [4.69, 9.17) is 42.1 Å². The maximum absolute atomic E-state index is 13.3. The number of piperidine rings is 1. The van der Waals surface area contributed by atoms with Crippen molar-refractivity contribution in [2.45, 2.75) is 177 Å². The number of ether oxygens (including phenoxy) is 4. The summed E-state index contributed by atoms with van der Waals surface area (Å²) < 4.78 is 113. The number of morpholine rings is 2. The van der Waals surface area contributed by atoms with E-state index in [1.807, 2.05) is 58.3 Å². The molecule has 4 unspecified atom stereocenters. The molecule has 4 saturated heterocycles. The molecule has 8 amide bonds. The molecule has 4 heterocycles. The highest BCUT2D eigenvalue weighted by atomic mass is 35.5. The number of hydrogen-bond donors (Lipinski definition) is 5. The van der Waals surface area contributed by atoms with Crippen LogP contribution in [-0.2, 0) is 38.5 Å². The molecule has 0 aromatic heterocycles. The Bertz CT molecular complexity index is 5660. The van der Waals surface area contributed by atoms with E-state index in [9.17, 15) is 68.7 Å². The van der Waals surface area contributed by atoms with Crippen LogP contribution in [0.25, 0.3) is 0 Å². The highest BCUT2D eigenvalue weighted by molar-refractivity contribution is 7.99. The van der Waals surface area contributed by atoms with E-state index in [1.165, 1.54) is 131 Å². The highest BCUT2D eigenvalue weighted by Gasteiger charge is 2.51. The zero-order valence-electron chi connectivity index (χ0n) is 83.0. The number of amides is 8. The fourth-order valence-corrected chi connectivity index (χ4v) is 22.5. The lowest BCUT2D eigenvalue weighted by molar-refractivity contribution is -0.137. The number of hydrogen-bond acceptors (Lipinski definition) is 17. The standard InChI is InChI=1S/C30H40FN3O3.C28H34F2N2O2S.C27H34FN3O4.C26H29Cl2FN2O5S/c1-30(21-26(30)22-10-14-25(37-3)15-11-22)16-6-4-5-7-27(29(36)34-19-17-33(2)18-20-34)32-28(35)23-8-12-24(31)13-9-23;1-28(18-24(28)20-6-10-22(29)11-7-20)14-5-17-35-19-25(27(34)32-15-3-2-4-16-32)31-26(33)21-8-12-23(30)13-9-21;1-34-23-10-6-19(7-11-23)24-17-21(24)3-2-12-29-18-25(27(33)31-13-15-35-16-14-31)30-26(32)20-4-8-22(28)9-5-20;27-22-8-5-19(15-23(22)28)21-14-18(21)2-1-13-37(34,35)16-24(26(33)31-9-11-36-12-10-31)30-25(32)17-3-6-20(29)7-4-17/h8-15,26-27H,4-7,16-21H2,1-3H3,(H,32,35);6-13,24-25H,2-5,14-19H2,1H3,(H,31,33);4-11,21,24-25,29H,2-3,12-18H2,1H3,(H,30,32);3-8,15,18,21,24H,1-2,9-14,16H2,(H,30,32)/t26-,27-,30?;24-,25-,28?;21?,24-,25-;18?,21-,24+/m0001/s1. The first-order valence-electron chi connectivity index (χ1n) is 50.5. The summed E-state index contributed by atoms with van der Waals surface area (Å²) in [5.41, 5.74) is 6.81. The molecule has 4 aliphatic heterocycles. The Labute approximate surface area is 857 Å². The van der Waals surface area contributed by atoms with Gasteiger partial charge in [-0.1, -0.05) is 98.8 Å². The van der Waals surface area contributed by atoms with Crippen LogP contribution in [0.1, 0.15) is 217 Å². The predicted molar refractivity (Wildman–Crippen MR) is 551 cm³/mol. The third-order valence-electron chi connectivity index (χ3n) is 29.0. The van der Waals surface area contributed by atoms with Crippen LogP contribution >= 0.6 is 35.0 Å². The van der Waals surface area contributed by atoms with Crippen LogP contribution in [0.3, 0.4) is 0 Å². The molecule has 8 aromatic carbocycles. The summed E-state index contributed by atoms with van der Waals surface area (Å²) in [4.78, 5) is 113. The monoisotopic (exact) mass is 2060 g/mol. The van der Waals surface area contributed by atoms with Gasteiger partial charge in [0.25, 0.3) is 23.6 Å². The van der Waals surface area contributed by atoms with Crippen molar-refractivity contribution in [3.8, 4) is 11.5 Å². The molecule has 0 bridgehead atoms. The van der Waals surface area contributed by atoms with Crippen molar-refractivity contribution in [2.24, 2.45) is 22.7 Å². The second kappa shape index (κ2) is 53.7. The molecule has 776 valence electrons. The molecule has 4 saturated carbocycles. The summed E-state index contributed by atoms with van der Waals surface area (Å²) in [6.45, 7) is 13.6. The van der Waals surface area contributed by atoms with Gasteiger partial charge in [-0.25, -0.2) is 30.4 Å². The number of sulfone groups is 1. The lowest BCUT2D eigenvalue weighted by Crippen LogP contribution is -2.55. The van der Waals surface area contributed by atoms with Gasteiger partial charge in [0.1, 0.15) is 64.8 Å². The van der Waals surface area contributed by atoms with Crippen LogP contribution < -0.4 is 36.1 Å². The van der Waals surface area contributed by atoms with Crippen molar-refractivity contribution in [1.82, 2.24) is 51.1 Å². The van der Waals surface area contributed by atoms with E-state index in [-0.39, 0.29) is 57.9 Å². The molecule has 8 aromatic rings. The molecule has 16 rings (SSSR count). The fraction of sp³-hybridized carbons (Fsp3) is 0.495. The minimum absolute atomic E-state index is 0.0164. The number of likely N-dealkylation sites (N-methyl/N-ethyl adjacent to an activating group) is 1. The Kier molecular flexibility index (Phi) is 41.3. The van der Waals surface area contributed by atoms with Crippen molar-refractivity contribution >= 4 is 92.1 Å². The van der Waals surface area contributed by atoms with Gasteiger partial charge >= 0.3 is 0 Å². The molecule has 0 radical (unpaired) electrons.